The van der Waals surface area contributed by atoms with Gasteiger partial charge in [-0.25, -0.2) is 4.79 Å². The molecule has 7 nitrogen and oxygen atoms in total. The summed E-state index contributed by atoms with van der Waals surface area (Å²) in [5, 5.41) is 21.8. The minimum Gasteiger partial charge on any atom is -0.490 e. The minimum absolute atomic E-state index is 0.0393. The van der Waals surface area contributed by atoms with Crippen molar-refractivity contribution in [1.82, 2.24) is 0 Å². The van der Waals surface area contributed by atoms with Gasteiger partial charge in [0.25, 0.3) is 0 Å². The summed E-state index contributed by atoms with van der Waals surface area (Å²) in [5.41, 5.74) is 0. The van der Waals surface area contributed by atoms with Gasteiger partial charge in [0.15, 0.2) is 0 Å². The van der Waals surface area contributed by atoms with Crippen LogP contribution >= 0.6 is 23.2 Å². The van der Waals surface area contributed by atoms with Gasteiger partial charge < -0.3 is 29.2 Å². The van der Waals surface area contributed by atoms with Crippen molar-refractivity contribution in [3.05, 3.63) is 40.4 Å². The van der Waals surface area contributed by atoms with Gasteiger partial charge in [-0.2, -0.15) is 0 Å². The van der Waals surface area contributed by atoms with E-state index in [2.05, 4.69) is 0 Å². The first-order chi connectivity index (χ1) is 16.2. The van der Waals surface area contributed by atoms with E-state index < -0.39 is 12.2 Å². The molecule has 0 amide bonds. The summed E-state index contributed by atoms with van der Waals surface area (Å²) < 4.78 is 22.3. The standard InChI is InChI=1S/C25H34Cl2O7/c1-15(2)34-25(30)14-31-11-16-3-5-22-21(23(29)10-24(22)33-12-16)6-4-19(28)13-32-20-8-17(26)7-18(27)9-20/h4,6-9,15-16,19,21-24,28-29H,3,5,10-14H2,1-2H3/b6-4+/t16-,19-,21-,22-,23-,24+/m1/s1. The Morgan fingerprint density at radius 2 is 1.97 bits per heavy atom. The number of hydrogen-bond donors (Lipinski definition) is 2. The molecule has 1 saturated carbocycles. The summed E-state index contributed by atoms with van der Waals surface area (Å²) in [5.74, 6) is 0.343. The first kappa shape index (κ1) is 27.2. The van der Waals surface area contributed by atoms with Gasteiger partial charge in [0.1, 0.15) is 25.1 Å². The molecule has 2 aliphatic rings. The second kappa shape index (κ2) is 13.1. The maximum absolute atomic E-state index is 11.6. The zero-order valence-electron chi connectivity index (χ0n) is 19.6. The first-order valence-corrected chi connectivity index (χ1v) is 12.5. The van der Waals surface area contributed by atoms with Gasteiger partial charge in [-0.3, -0.25) is 0 Å². The monoisotopic (exact) mass is 516 g/mol. The summed E-state index contributed by atoms with van der Waals surface area (Å²) in [4.78, 5) is 11.6. The highest BCUT2D eigenvalue weighted by molar-refractivity contribution is 6.34. The molecule has 9 heteroatoms. The van der Waals surface area contributed by atoms with Crippen LogP contribution in [0.25, 0.3) is 0 Å². The van der Waals surface area contributed by atoms with E-state index in [0.29, 0.717) is 35.4 Å². The third-order valence-corrected chi connectivity index (χ3v) is 6.53. The Bertz CT molecular complexity index is 811. The van der Waals surface area contributed by atoms with Crippen LogP contribution in [0.4, 0.5) is 0 Å². The molecule has 0 unspecified atom stereocenters. The number of fused-ring (bicyclic) bond motifs is 1. The predicted octanol–water partition coefficient (Wildman–Crippen LogP) is 4.05. The maximum atomic E-state index is 11.6. The van der Waals surface area contributed by atoms with E-state index >= 15 is 0 Å². The van der Waals surface area contributed by atoms with Crippen molar-refractivity contribution < 1.29 is 34.0 Å². The highest BCUT2D eigenvalue weighted by atomic mass is 35.5. The number of carbonyl (C=O) groups excluding carboxylic acids is 1. The summed E-state index contributed by atoms with van der Waals surface area (Å²) >= 11 is 11.9. The van der Waals surface area contributed by atoms with Crippen molar-refractivity contribution in [3.63, 3.8) is 0 Å². The Morgan fingerprint density at radius 1 is 1.24 bits per heavy atom. The summed E-state index contributed by atoms with van der Waals surface area (Å²) in [6.45, 7) is 4.54. The van der Waals surface area contributed by atoms with Crippen molar-refractivity contribution in [3.8, 4) is 5.75 Å². The molecule has 1 aromatic carbocycles. The fraction of sp³-hybridized carbons (Fsp3) is 0.640. The molecule has 0 radical (unpaired) electrons. The van der Waals surface area contributed by atoms with E-state index in [1.165, 1.54) is 0 Å². The third kappa shape index (κ3) is 8.40. The maximum Gasteiger partial charge on any atom is 0.332 e. The van der Waals surface area contributed by atoms with Crippen LogP contribution in [0, 0.1) is 17.8 Å². The number of aliphatic hydroxyl groups excluding tert-OH is 2. The summed E-state index contributed by atoms with van der Waals surface area (Å²) in [6, 6.07) is 4.87. The fourth-order valence-corrected chi connectivity index (χ4v) is 5.06. The molecular formula is C25H34Cl2O7. The molecule has 34 heavy (non-hydrogen) atoms. The molecule has 6 atom stereocenters. The van der Waals surface area contributed by atoms with E-state index in [9.17, 15) is 15.0 Å². The lowest BCUT2D eigenvalue weighted by atomic mass is 9.87. The Hall–Kier alpha value is -1.35. The van der Waals surface area contributed by atoms with Crippen LogP contribution in [0.3, 0.4) is 0 Å². The van der Waals surface area contributed by atoms with Gasteiger partial charge in [0.05, 0.1) is 31.5 Å². The van der Waals surface area contributed by atoms with Crippen LogP contribution in [-0.2, 0) is 19.0 Å². The number of halogens is 2. The van der Waals surface area contributed by atoms with Crippen molar-refractivity contribution in [1.29, 1.82) is 0 Å². The second-order valence-corrected chi connectivity index (χ2v) is 10.2. The molecule has 1 heterocycles. The molecule has 2 fully saturated rings. The Balaban J connectivity index is 1.46. The normalized spacial score (nSPS) is 28.0. The number of rotatable bonds is 10. The topological polar surface area (TPSA) is 94.5 Å². The lowest BCUT2D eigenvalue weighted by molar-refractivity contribution is -0.153. The van der Waals surface area contributed by atoms with E-state index in [1.807, 2.05) is 6.08 Å². The number of hydrogen-bond acceptors (Lipinski definition) is 7. The number of benzene rings is 1. The Morgan fingerprint density at radius 3 is 2.68 bits per heavy atom. The zero-order chi connectivity index (χ0) is 24.7. The lowest BCUT2D eigenvalue weighted by Crippen LogP contribution is -2.22. The Kier molecular flexibility index (Phi) is 10.5. The van der Waals surface area contributed by atoms with E-state index in [0.717, 1.165) is 12.8 Å². The molecule has 1 aromatic rings. The van der Waals surface area contributed by atoms with Gasteiger partial charge in [-0.05, 0) is 50.8 Å². The SMILES string of the molecule is CC(C)OC(=O)COC[C@H]1CC[C@@H]2[C@@H](/C=C/[C@@H](O)COc3cc(Cl)cc(Cl)c3)[C@H](O)C[C@@H]2OC1. The average Bonchev–Trinajstić information content (AvgIpc) is 2.91. The zero-order valence-corrected chi connectivity index (χ0v) is 21.1. The summed E-state index contributed by atoms with van der Waals surface area (Å²) in [6.07, 6.45) is 4.27. The molecule has 1 aliphatic heterocycles. The Labute approximate surface area is 210 Å². The lowest BCUT2D eigenvalue weighted by Gasteiger charge is -2.21. The fourth-order valence-electron chi connectivity index (χ4n) is 4.56. The summed E-state index contributed by atoms with van der Waals surface area (Å²) in [7, 11) is 0. The van der Waals surface area contributed by atoms with Crippen LogP contribution in [0.1, 0.15) is 33.1 Å². The second-order valence-electron chi connectivity index (χ2n) is 9.28. The van der Waals surface area contributed by atoms with E-state index in [-0.39, 0.29) is 49.1 Å². The highest BCUT2D eigenvalue weighted by Gasteiger charge is 2.43. The van der Waals surface area contributed by atoms with Gasteiger partial charge in [0, 0.05) is 28.3 Å². The van der Waals surface area contributed by atoms with Gasteiger partial charge >= 0.3 is 5.97 Å². The molecule has 0 aromatic heterocycles. The van der Waals surface area contributed by atoms with E-state index in [1.54, 1.807) is 38.1 Å². The van der Waals surface area contributed by atoms with Crippen molar-refractivity contribution in [2.45, 2.75) is 57.5 Å². The third-order valence-electron chi connectivity index (χ3n) is 6.10. The van der Waals surface area contributed by atoms with Gasteiger partial charge in [-0.1, -0.05) is 35.4 Å². The number of esters is 1. The molecule has 2 N–H and O–H groups in total. The highest BCUT2D eigenvalue weighted by Crippen LogP contribution is 2.41. The van der Waals surface area contributed by atoms with Crippen LogP contribution in [0.15, 0.2) is 30.4 Å². The van der Waals surface area contributed by atoms with E-state index in [4.69, 9.17) is 42.1 Å². The molecule has 1 saturated heterocycles. The minimum atomic E-state index is -0.845. The van der Waals surface area contributed by atoms with Crippen LogP contribution < -0.4 is 4.74 Å². The van der Waals surface area contributed by atoms with Crippen LogP contribution in [-0.4, -0.2) is 67.0 Å². The van der Waals surface area contributed by atoms with Gasteiger partial charge in [-0.15, -0.1) is 0 Å². The van der Waals surface area contributed by atoms with Crippen molar-refractivity contribution >= 4 is 29.2 Å². The largest absolute Gasteiger partial charge is 0.490 e. The molecular weight excluding hydrogens is 483 g/mol. The number of aliphatic hydroxyl groups is 2. The predicted molar refractivity (Wildman–Crippen MR) is 129 cm³/mol. The average molecular weight is 517 g/mol. The smallest absolute Gasteiger partial charge is 0.332 e. The van der Waals surface area contributed by atoms with Crippen LogP contribution in [0.5, 0.6) is 5.75 Å². The molecule has 0 spiro atoms. The van der Waals surface area contributed by atoms with Gasteiger partial charge in [0.2, 0.25) is 0 Å². The molecule has 0 bridgehead atoms. The quantitative estimate of drug-likeness (QED) is 0.357. The first-order valence-electron chi connectivity index (χ1n) is 11.7. The molecule has 1 aliphatic carbocycles. The number of ether oxygens (including phenoxy) is 4. The molecule has 190 valence electrons. The van der Waals surface area contributed by atoms with Crippen molar-refractivity contribution in [2.24, 2.45) is 17.8 Å². The number of carbonyl (C=O) groups is 1. The van der Waals surface area contributed by atoms with Crippen molar-refractivity contribution in [2.75, 3.05) is 26.4 Å². The van der Waals surface area contributed by atoms with Crippen LogP contribution in [0.2, 0.25) is 10.0 Å². The molecule has 3 rings (SSSR count).